The summed E-state index contributed by atoms with van der Waals surface area (Å²) in [4.78, 5) is 26.4. The highest BCUT2D eigenvalue weighted by molar-refractivity contribution is 9.10. The molecule has 2 rings (SSSR count). The molecule has 21 heavy (non-hydrogen) atoms. The average Bonchev–Trinajstić information content (AvgIpc) is 2.89. The van der Waals surface area contributed by atoms with Crippen LogP contribution < -0.4 is 11.1 Å². The van der Waals surface area contributed by atoms with Crippen molar-refractivity contribution in [2.45, 2.75) is 6.54 Å². The van der Waals surface area contributed by atoms with E-state index in [0.717, 1.165) is 0 Å². The molecule has 1 amide bonds. The number of hydrogen-bond acceptors (Lipinski definition) is 5. The van der Waals surface area contributed by atoms with Gasteiger partial charge >= 0.3 is 0 Å². The molecular weight excluding hydrogens is 342 g/mol. The number of carbonyl (C=O) groups is 1. The Kier molecular flexibility index (Phi) is 4.66. The first kappa shape index (κ1) is 15.1. The van der Waals surface area contributed by atoms with Crippen molar-refractivity contribution in [3.05, 3.63) is 51.0 Å². The maximum absolute atomic E-state index is 12.0. The van der Waals surface area contributed by atoms with Gasteiger partial charge in [-0.15, -0.1) is 0 Å². The zero-order valence-electron chi connectivity index (χ0n) is 10.8. The van der Waals surface area contributed by atoms with Crippen molar-refractivity contribution in [3.8, 4) is 0 Å². The topological polar surface area (TPSA) is 116 Å². The molecule has 0 radical (unpaired) electrons. The summed E-state index contributed by atoms with van der Waals surface area (Å²) in [6, 6.07) is 4.38. The van der Waals surface area contributed by atoms with Gasteiger partial charge in [0.05, 0.1) is 11.3 Å². The average molecular weight is 354 g/mol. The number of carbonyl (C=O) groups excluding carboxylic acids is 1. The lowest BCUT2D eigenvalue weighted by molar-refractivity contribution is -0.384. The minimum atomic E-state index is -0.562. The van der Waals surface area contributed by atoms with E-state index in [2.05, 4.69) is 26.2 Å². The number of nitro benzene ring substituents is 1. The Morgan fingerprint density at radius 2 is 2.29 bits per heavy atom. The van der Waals surface area contributed by atoms with E-state index in [9.17, 15) is 14.9 Å². The van der Waals surface area contributed by atoms with Crippen LogP contribution >= 0.6 is 15.9 Å². The number of amides is 1. The Bertz CT molecular complexity index is 685. The van der Waals surface area contributed by atoms with Crippen LogP contribution in [-0.2, 0) is 6.54 Å². The predicted molar refractivity (Wildman–Crippen MR) is 80.0 cm³/mol. The Hall–Kier alpha value is -2.26. The first-order valence-corrected chi connectivity index (χ1v) is 6.77. The summed E-state index contributed by atoms with van der Waals surface area (Å²) in [5.74, 6) is -0.517. The lowest BCUT2D eigenvalue weighted by atomic mass is 10.2. The Morgan fingerprint density at radius 1 is 1.52 bits per heavy atom. The summed E-state index contributed by atoms with van der Waals surface area (Å²) < 4.78 is 2.23. The number of benzene rings is 1. The molecule has 8 nitrogen and oxygen atoms in total. The van der Waals surface area contributed by atoms with Crippen molar-refractivity contribution >= 4 is 33.2 Å². The maximum atomic E-state index is 12.0. The number of imidazole rings is 1. The summed E-state index contributed by atoms with van der Waals surface area (Å²) in [7, 11) is 0. The van der Waals surface area contributed by atoms with Crippen LogP contribution in [0.3, 0.4) is 0 Å². The van der Waals surface area contributed by atoms with Gasteiger partial charge in [0.2, 0.25) is 0 Å². The quantitative estimate of drug-likeness (QED) is 0.627. The van der Waals surface area contributed by atoms with E-state index < -0.39 is 10.8 Å². The van der Waals surface area contributed by atoms with Crippen LogP contribution in [0.1, 0.15) is 10.5 Å². The van der Waals surface area contributed by atoms with Crippen molar-refractivity contribution in [2.75, 3.05) is 11.9 Å². The van der Waals surface area contributed by atoms with E-state index in [1.165, 1.54) is 24.7 Å². The first-order chi connectivity index (χ1) is 10.0. The van der Waals surface area contributed by atoms with E-state index in [1.54, 1.807) is 10.6 Å². The lowest BCUT2D eigenvalue weighted by Gasteiger charge is -2.04. The molecule has 0 spiro atoms. The number of nitrogens with one attached hydrogen (secondary N) is 1. The molecule has 0 saturated heterocycles. The molecule has 9 heteroatoms. The number of nitro groups is 1. The minimum Gasteiger partial charge on any atom is -0.335 e. The summed E-state index contributed by atoms with van der Waals surface area (Å²) in [5.41, 5.74) is 5.49. The Balaban J connectivity index is 2.20. The van der Waals surface area contributed by atoms with Crippen LogP contribution in [0.15, 0.2) is 35.2 Å². The number of halogens is 1. The van der Waals surface area contributed by atoms with Crippen LogP contribution in [0.2, 0.25) is 0 Å². The van der Waals surface area contributed by atoms with Crippen molar-refractivity contribution in [2.24, 2.45) is 5.73 Å². The van der Waals surface area contributed by atoms with Crippen molar-refractivity contribution in [1.29, 1.82) is 0 Å². The third-order valence-corrected chi connectivity index (χ3v) is 3.15. The standard InChI is InChI=1S/C12H12BrN5O3/c13-8-1-2-9(11(5-8)18(20)21)16-12(19)10-6-17(4-3-14)7-15-10/h1-2,5-7H,3-4,14H2,(H,16,19). The smallest absolute Gasteiger partial charge is 0.293 e. The number of anilines is 1. The summed E-state index contributed by atoms with van der Waals surface area (Å²) >= 11 is 3.15. The summed E-state index contributed by atoms with van der Waals surface area (Å²) in [6.45, 7) is 0.967. The number of hydrogen-bond donors (Lipinski definition) is 2. The molecule has 2 aromatic rings. The highest BCUT2D eigenvalue weighted by Gasteiger charge is 2.18. The zero-order valence-corrected chi connectivity index (χ0v) is 12.4. The van der Waals surface area contributed by atoms with Crippen LogP contribution in [-0.4, -0.2) is 26.9 Å². The molecule has 1 aromatic carbocycles. The third-order valence-electron chi connectivity index (χ3n) is 2.66. The first-order valence-electron chi connectivity index (χ1n) is 5.98. The molecule has 0 aliphatic carbocycles. The molecule has 110 valence electrons. The third kappa shape index (κ3) is 3.64. The van der Waals surface area contributed by atoms with Crippen LogP contribution in [0, 0.1) is 10.1 Å². The van der Waals surface area contributed by atoms with E-state index in [1.807, 2.05) is 0 Å². The van der Waals surface area contributed by atoms with Crippen LogP contribution in [0.25, 0.3) is 0 Å². The van der Waals surface area contributed by atoms with Gasteiger partial charge in [0.15, 0.2) is 0 Å². The highest BCUT2D eigenvalue weighted by atomic mass is 79.9. The highest BCUT2D eigenvalue weighted by Crippen LogP contribution is 2.28. The second-order valence-electron chi connectivity index (χ2n) is 4.16. The summed E-state index contributed by atoms with van der Waals surface area (Å²) in [5, 5.41) is 13.5. The van der Waals surface area contributed by atoms with Gasteiger partial charge in [-0.1, -0.05) is 15.9 Å². The van der Waals surface area contributed by atoms with Crippen molar-refractivity contribution < 1.29 is 9.72 Å². The van der Waals surface area contributed by atoms with Crippen molar-refractivity contribution in [1.82, 2.24) is 9.55 Å². The van der Waals surface area contributed by atoms with E-state index in [-0.39, 0.29) is 17.1 Å². The summed E-state index contributed by atoms with van der Waals surface area (Å²) in [6.07, 6.45) is 3.02. The molecule has 0 fully saturated rings. The fourth-order valence-corrected chi connectivity index (χ4v) is 2.05. The zero-order chi connectivity index (χ0) is 15.4. The second kappa shape index (κ2) is 6.46. The van der Waals surface area contributed by atoms with Gasteiger partial charge in [-0.2, -0.15) is 0 Å². The lowest BCUT2D eigenvalue weighted by Crippen LogP contribution is -2.14. The van der Waals surface area contributed by atoms with Gasteiger partial charge < -0.3 is 15.6 Å². The van der Waals surface area contributed by atoms with Gasteiger partial charge in [0.25, 0.3) is 11.6 Å². The van der Waals surface area contributed by atoms with E-state index in [4.69, 9.17) is 5.73 Å². The second-order valence-corrected chi connectivity index (χ2v) is 5.07. The number of aromatic nitrogens is 2. The molecule has 3 N–H and O–H groups in total. The van der Waals surface area contributed by atoms with E-state index in [0.29, 0.717) is 17.6 Å². The molecule has 0 atom stereocenters. The molecule has 0 bridgehead atoms. The fourth-order valence-electron chi connectivity index (χ4n) is 1.70. The van der Waals surface area contributed by atoms with Gasteiger partial charge in [-0.3, -0.25) is 14.9 Å². The number of rotatable bonds is 5. The van der Waals surface area contributed by atoms with Crippen molar-refractivity contribution in [3.63, 3.8) is 0 Å². The minimum absolute atomic E-state index is 0.113. The predicted octanol–water partition coefficient (Wildman–Crippen LogP) is 1.76. The fraction of sp³-hybridized carbons (Fsp3) is 0.167. The molecule has 0 aliphatic rings. The normalized spacial score (nSPS) is 10.4. The molecule has 0 unspecified atom stereocenters. The Morgan fingerprint density at radius 3 is 2.95 bits per heavy atom. The molecule has 1 heterocycles. The molecule has 0 saturated carbocycles. The molecule has 0 aliphatic heterocycles. The monoisotopic (exact) mass is 353 g/mol. The van der Waals surface area contributed by atoms with Gasteiger partial charge in [0, 0.05) is 29.8 Å². The van der Waals surface area contributed by atoms with Crippen LogP contribution in [0.4, 0.5) is 11.4 Å². The molecular formula is C12H12BrN5O3. The van der Waals surface area contributed by atoms with Crippen LogP contribution in [0.5, 0.6) is 0 Å². The van der Waals surface area contributed by atoms with Gasteiger partial charge in [-0.05, 0) is 12.1 Å². The Labute approximate surface area is 128 Å². The van der Waals surface area contributed by atoms with E-state index >= 15 is 0 Å². The molecule has 1 aromatic heterocycles. The number of nitrogens with two attached hydrogens (primary N) is 1. The van der Waals surface area contributed by atoms with Gasteiger partial charge in [0.1, 0.15) is 11.4 Å². The maximum Gasteiger partial charge on any atom is 0.293 e. The SMILES string of the molecule is NCCn1cnc(C(=O)Nc2ccc(Br)cc2[N+](=O)[O-])c1. The van der Waals surface area contributed by atoms with Gasteiger partial charge in [-0.25, -0.2) is 4.98 Å². The number of nitrogens with zero attached hydrogens (tertiary/aromatic N) is 3. The largest absolute Gasteiger partial charge is 0.335 e.